The molecule has 0 bridgehead atoms. The Labute approximate surface area is 110 Å². The van der Waals surface area contributed by atoms with E-state index in [4.69, 9.17) is 0 Å². The summed E-state index contributed by atoms with van der Waals surface area (Å²) in [7, 11) is 0. The van der Waals surface area contributed by atoms with Gasteiger partial charge in [0.05, 0.1) is 0 Å². The average Bonchev–Trinajstić information content (AvgIpc) is 2.98. The third kappa shape index (κ3) is 2.60. The van der Waals surface area contributed by atoms with Crippen LogP contribution in [-0.2, 0) is 19.6 Å². The molecule has 1 atom stereocenters. The molecule has 0 aliphatic carbocycles. The van der Waals surface area contributed by atoms with Gasteiger partial charge in [0, 0.05) is 26.2 Å². The van der Waals surface area contributed by atoms with Crippen LogP contribution < -0.4 is 5.32 Å². The van der Waals surface area contributed by atoms with Crippen molar-refractivity contribution in [3.8, 4) is 0 Å². The van der Waals surface area contributed by atoms with Crippen LogP contribution in [0, 0.1) is 5.92 Å². The van der Waals surface area contributed by atoms with E-state index in [1.54, 1.807) is 0 Å². The Morgan fingerprint density at radius 1 is 1.28 bits per heavy atom. The zero-order valence-electron chi connectivity index (χ0n) is 11.4. The fourth-order valence-electron chi connectivity index (χ4n) is 3.41. The van der Waals surface area contributed by atoms with E-state index in [2.05, 4.69) is 35.3 Å². The lowest BCUT2D eigenvalue weighted by Crippen LogP contribution is -2.20. The number of rotatable bonds is 4. The van der Waals surface area contributed by atoms with Gasteiger partial charge in [0.15, 0.2) is 0 Å². The first-order valence-electron chi connectivity index (χ1n) is 7.39. The first-order valence-corrected chi connectivity index (χ1v) is 7.39. The molecule has 0 aromatic heterocycles. The molecule has 2 aliphatic heterocycles. The molecule has 1 unspecified atom stereocenters. The minimum Gasteiger partial charge on any atom is -0.309 e. The van der Waals surface area contributed by atoms with Crippen LogP contribution >= 0.6 is 0 Å². The number of nitrogens with zero attached hydrogens (tertiary/aromatic N) is 1. The quantitative estimate of drug-likeness (QED) is 0.876. The van der Waals surface area contributed by atoms with Gasteiger partial charge in [-0.3, -0.25) is 4.90 Å². The van der Waals surface area contributed by atoms with E-state index in [9.17, 15) is 0 Å². The van der Waals surface area contributed by atoms with Crippen molar-refractivity contribution < 1.29 is 0 Å². The monoisotopic (exact) mass is 244 g/mol. The summed E-state index contributed by atoms with van der Waals surface area (Å²) < 4.78 is 0. The summed E-state index contributed by atoms with van der Waals surface area (Å²) in [5.74, 6) is 0.950. The van der Waals surface area contributed by atoms with E-state index >= 15 is 0 Å². The van der Waals surface area contributed by atoms with Crippen LogP contribution in [0.5, 0.6) is 0 Å². The molecule has 1 aromatic carbocycles. The van der Waals surface area contributed by atoms with Crippen molar-refractivity contribution >= 4 is 0 Å². The van der Waals surface area contributed by atoms with E-state index < -0.39 is 0 Å². The molecule has 1 aromatic rings. The smallest absolute Gasteiger partial charge is 0.0233 e. The third-order valence-corrected chi connectivity index (χ3v) is 4.37. The SMILES string of the molecule is CCCC1CCN(Cc2ccc3c(c2)CNC3)C1. The van der Waals surface area contributed by atoms with Crippen molar-refractivity contribution in [3.05, 3.63) is 34.9 Å². The Bertz CT molecular complexity index is 414. The van der Waals surface area contributed by atoms with Gasteiger partial charge < -0.3 is 5.32 Å². The summed E-state index contributed by atoms with van der Waals surface area (Å²) in [4.78, 5) is 2.63. The molecule has 2 aliphatic rings. The molecule has 2 heteroatoms. The second kappa shape index (κ2) is 5.41. The first-order chi connectivity index (χ1) is 8.85. The minimum absolute atomic E-state index is 0.950. The van der Waals surface area contributed by atoms with Crippen LogP contribution in [-0.4, -0.2) is 18.0 Å². The summed E-state index contributed by atoms with van der Waals surface area (Å²) in [6.07, 6.45) is 4.15. The Kier molecular flexibility index (Phi) is 3.67. The summed E-state index contributed by atoms with van der Waals surface area (Å²) in [5, 5.41) is 3.42. The largest absolute Gasteiger partial charge is 0.309 e. The van der Waals surface area contributed by atoms with Crippen molar-refractivity contribution in [3.63, 3.8) is 0 Å². The molecular weight excluding hydrogens is 220 g/mol. The van der Waals surface area contributed by atoms with Crippen molar-refractivity contribution in [2.45, 2.75) is 45.8 Å². The standard InChI is InChI=1S/C16H24N2/c1-2-3-13-6-7-18(11-13)12-14-4-5-15-9-17-10-16(15)8-14/h4-5,8,13,17H,2-3,6-7,9-12H2,1H3. The van der Waals surface area contributed by atoms with Crippen molar-refractivity contribution in [1.82, 2.24) is 10.2 Å². The fourth-order valence-corrected chi connectivity index (χ4v) is 3.41. The second-order valence-electron chi connectivity index (χ2n) is 5.89. The number of likely N-dealkylation sites (tertiary alicyclic amines) is 1. The summed E-state index contributed by atoms with van der Waals surface area (Å²) >= 11 is 0. The molecule has 3 rings (SSSR count). The zero-order chi connectivity index (χ0) is 12.4. The Balaban J connectivity index is 1.60. The highest BCUT2D eigenvalue weighted by Crippen LogP contribution is 2.24. The van der Waals surface area contributed by atoms with Crippen LogP contribution in [0.2, 0.25) is 0 Å². The maximum atomic E-state index is 3.42. The van der Waals surface area contributed by atoms with Crippen LogP contribution in [0.15, 0.2) is 18.2 Å². The van der Waals surface area contributed by atoms with Crippen LogP contribution in [0.3, 0.4) is 0 Å². The molecule has 1 fully saturated rings. The number of hydrogen-bond donors (Lipinski definition) is 1. The lowest BCUT2D eigenvalue weighted by molar-refractivity contribution is 0.313. The molecule has 2 nitrogen and oxygen atoms in total. The third-order valence-electron chi connectivity index (χ3n) is 4.37. The van der Waals surface area contributed by atoms with E-state index in [1.807, 2.05) is 0 Å². The zero-order valence-corrected chi connectivity index (χ0v) is 11.4. The molecule has 0 radical (unpaired) electrons. The second-order valence-corrected chi connectivity index (χ2v) is 5.89. The number of hydrogen-bond acceptors (Lipinski definition) is 2. The van der Waals surface area contributed by atoms with Gasteiger partial charge in [0.25, 0.3) is 0 Å². The highest BCUT2D eigenvalue weighted by Gasteiger charge is 2.21. The van der Waals surface area contributed by atoms with E-state index in [-0.39, 0.29) is 0 Å². The van der Waals surface area contributed by atoms with Crippen LogP contribution in [0.25, 0.3) is 0 Å². The van der Waals surface area contributed by atoms with E-state index in [0.717, 1.165) is 25.6 Å². The van der Waals surface area contributed by atoms with Gasteiger partial charge in [0.1, 0.15) is 0 Å². The lowest BCUT2D eigenvalue weighted by atomic mass is 10.0. The Morgan fingerprint density at radius 2 is 2.17 bits per heavy atom. The molecule has 18 heavy (non-hydrogen) atoms. The van der Waals surface area contributed by atoms with Gasteiger partial charge in [-0.15, -0.1) is 0 Å². The predicted octanol–water partition coefficient (Wildman–Crippen LogP) is 2.91. The Morgan fingerprint density at radius 3 is 3.06 bits per heavy atom. The van der Waals surface area contributed by atoms with Gasteiger partial charge in [0.2, 0.25) is 0 Å². The summed E-state index contributed by atoms with van der Waals surface area (Å²) in [6.45, 7) is 8.16. The molecular formula is C16H24N2. The van der Waals surface area contributed by atoms with E-state index in [1.165, 1.54) is 49.0 Å². The first kappa shape index (κ1) is 12.2. The normalized spacial score (nSPS) is 23.5. The van der Waals surface area contributed by atoms with Gasteiger partial charge >= 0.3 is 0 Å². The number of benzene rings is 1. The topological polar surface area (TPSA) is 15.3 Å². The van der Waals surface area contributed by atoms with Gasteiger partial charge in [-0.2, -0.15) is 0 Å². The highest BCUT2D eigenvalue weighted by molar-refractivity contribution is 5.34. The predicted molar refractivity (Wildman–Crippen MR) is 75.3 cm³/mol. The minimum atomic E-state index is 0.950. The fraction of sp³-hybridized carbons (Fsp3) is 0.625. The summed E-state index contributed by atoms with van der Waals surface area (Å²) in [6, 6.07) is 7.03. The average molecular weight is 244 g/mol. The highest BCUT2D eigenvalue weighted by atomic mass is 15.1. The molecule has 2 heterocycles. The molecule has 0 saturated carbocycles. The molecule has 98 valence electrons. The lowest BCUT2D eigenvalue weighted by Gasteiger charge is -2.16. The van der Waals surface area contributed by atoms with Crippen LogP contribution in [0.4, 0.5) is 0 Å². The Hall–Kier alpha value is -0.860. The summed E-state index contributed by atoms with van der Waals surface area (Å²) in [5.41, 5.74) is 4.50. The van der Waals surface area contributed by atoms with E-state index in [0.29, 0.717) is 0 Å². The van der Waals surface area contributed by atoms with Gasteiger partial charge in [-0.05, 0) is 42.0 Å². The number of fused-ring (bicyclic) bond motifs is 1. The molecule has 1 N–H and O–H groups in total. The van der Waals surface area contributed by atoms with Crippen molar-refractivity contribution in [2.75, 3.05) is 13.1 Å². The molecule has 0 spiro atoms. The molecule has 1 saturated heterocycles. The van der Waals surface area contributed by atoms with Gasteiger partial charge in [-0.1, -0.05) is 31.5 Å². The van der Waals surface area contributed by atoms with Crippen molar-refractivity contribution in [1.29, 1.82) is 0 Å². The van der Waals surface area contributed by atoms with Crippen molar-refractivity contribution in [2.24, 2.45) is 5.92 Å². The number of nitrogens with one attached hydrogen (secondary N) is 1. The maximum absolute atomic E-state index is 3.42. The van der Waals surface area contributed by atoms with Crippen LogP contribution in [0.1, 0.15) is 42.9 Å². The molecule has 0 amide bonds. The van der Waals surface area contributed by atoms with Gasteiger partial charge in [-0.25, -0.2) is 0 Å². The maximum Gasteiger partial charge on any atom is 0.0233 e.